The van der Waals surface area contributed by atoms with Gasteiger partial charge < -0.3 is 4.74 Å². The van der Waals surface area contributed by atoms with Gasteiger partial charge in [0.25, 0.3) is 0 Å². The number of hydrogen-bond acceptors (Lipinski definition) is 3. The summed E-state index contributed by atoms with van der Waals surface area (Å²) in [5.41, 5.74) is 0.00559. The first-order valence-electron chi connectivity index (χ1n) is 3.69. The maximum atomic E-state index is 11.3. The van der Waals surface area contributed by atoms with Gasteiger partial charge in [0.1, 0.15) is 0 Å². The van der Waals surface area contributed by atoms with Crippen LogP contribution in [-0.2, 0) is 9.53 Å². The predicted molar refractivity (Wildman–Crippen MR) is 52.6 cm³/mol. The highest BCUT2D eigenvalue weighted by atomic mass is 35.5. The average molecular weight is 233 g/mol. The number of carbonyl (C=O) groups excluding carboxylic acids is 2. The zero-order chi connectivity index (χ0) is 10.7. The van der Waals surface area contributed by atoms with E-state index < -0.39 is 11.9 Å². The molecule has 0 saturated carbocycles. The molecule has 74 valence electrons. The summed E-state index contributed by atoms with van der Waals surface area (Å²) in [6.07, 6.45) is 0. The third-order valence-corrected chi connectivity index (χ3v) is 2.03. The highest BCUT2D eigenvalue weighted by molar-refractivity contribution is 6.39. The van der Waals surface area contributed by atoms with Crippen molar-refractivity contribution in [2.45, 2.75) is 6.92 Å². The van der Waals surface area contributed by atoms with E-state index in [1.807, 2.05) is 0 Å². The minimum atomic E-state index is -0.840. The third kappa shape index (κ3) is 2.47. The van der Waals surface area contributed by atoms with Crippen LogP contribution >= 0.6 is 23.2 Å². The van der Waals surface area contributed by atoms with Crippen molar-refractivity contribution in [3.8, 4) is 0 Å². The van der Waals surface area contributed by atoms with Crippen molar-refractivity contribution in [1.29, 1.82) is 0 Å². The summed E-state index contributed by atoms with van der Waals surface area (Å²) in [7, 11) is 0. The first-order valence-corrected chi connectivity index (χ1v) is 4.44. The van der Waals surface area contributed by atoms with Crippen LogP contribution in [0.5, 0.6) is 0 Å². The summed E-state index contributed by atoms with van der Waals surface area (Å²) in [5, 5.41) is 0.313. The van der Waals surface area contributed by atoms with E-state index in [0.29, 0.717) is 0 Å². The van der Waals surface area contributed by atoms with Crippen LogP contribution in [0, 0.1) is 0 Å². The SMILES string of the molecule is CC(=O)OC(=O)c1c(Cl)cccc1Cl. The quantitative estimate of drug-likeness (QED) is 0.553. The van der Waals surface area contributed by atoms with E-state index in [1.54, 1.807) is 6.07 Å². The van der Waals surface area contributed by atoms with Crippen LogP contribution in [-0.4, -0.2) is 11.9 Å². The molecule has 1 aromatic rings. The zero-order valence-electron chi connectivity index (χ0n) is 7.21. The van der Waals surface area contributed by atoms with Gasteiger partial charge in [-0.05, 0) is 12.1 Å². The highest BCUT2D eigenvalue weighted by Crippen LogP contribution is 2.24. The second kappa shape index (κ2) is 4.44. The standard InChI is InChI=1S/C9H6Cl2O3/c1-5(12)14-9(13)8-6(10)3-2-4-7(8)11/h2-4H,1H3. The molecule has 0 unspecified atom stereocenters. The Morgan fingerprint density at radius 3 is 2.14 bits per heavy atom. The molecule has 0 N–H and O–H groups in total. The van der Waals surface area contributed by atoms with Gasteiger partial charge in [-0.25, -0.2) is 4.79 Å². The number of rotatable bonds is 1. The van der Waals surface area contributed by atoms with Crippen molar-refractivity contribution >= 4 is 35.1 Å². The summed E-state index contributed by atoms with van der Waals surface area (Å²) < 4.78 is 4.35. The number of hydrogen-bond donors (Lipinski definition) is 0. The first-order chi connectivity index (χ1) is 6.52. The zero-order valence-corrected chi connectivity index (χ0v) is 8.72. The Bertz CT molecular complexity index is 367. The first kappa shape index (κ1) is 11.0. The smallest absolute Gasteiger partial charge is 0.348 e. The van der Waals surface area contributed by atoms with E-state index in [0.717, 1.165) is 6.92 Å². The third-order valence-electron chi connectivity index (χ3n) is 1.40. The Balaban J connectivity index is 3.06. The fourth-order valence-electron chi connectivity index (χ4n) is 0.874. The molecule has 0 spiro atoms. The number of carbonyl (C=O) groups is 2. The van der Waals surface area contributed by atoms with Gasteiger partial charge in [-0.3, -0.25) is 4.79 Å². The summed E-state index contributed by atoms with van der Waals surface area (Å²) >= 11 is 11.4. The van der Waals surface area contributed by atoms with Crippen molar-refractivity contribution < 1.29 is 14.3 Å². The summed E-state index contributed by atoms with van der Waals surface area (Å²) in [6, 6.07) is 4.57. The molecule has 0 heterocycles. The molecular weight excluding hydrogens is 227 g/mol. The maximum absolute atomic E-state index is 11.3. The predicted octanol–water partition coefficient (Wildman–Crippen LogP) is 2.70. The monoisotopic (exact) mass is 232 g/mol. The molecule has 0 bridgehead atoms. The van der Waals surface area contributed by atoms with Crippen molar-refractivity contribution in [1.82, 2.24) is 0 Å². The van der Waals surface area contributed by atoms with Gasteiger partial charge in [-0.1, -0.05) is 29.3 Å². The van der Waals surface area contributed by atoms with Gasteiger partial charge >= 0.3 is 11.9 Å². The molecule has 0 fully saturated rings. The molecule has 1 rings (SSSR count). The van der Waals surface area contributed by atoms with Gasteiger partial charge in [0.15, 0.2) is 0 Å². The van der Waals surface area contributed by atoms with Crippen molar-refractivity contribution in [2.24, 2.45) is 0 Å². The molecule has 3 nitrogen and oxygen atoms in total. The molecular formula is C9H6Cl2O3. The van der Waals surface area contributed by atoms with E-state index in [2.05, 4.69) is 4.74 Å². The van der Waals surface area contributed by atoms with E-state index in [4.69, 9.17) is 23.2 Å². The lowest BCUT2D eigenvalue weighted by atomic mass is 10.2. The Labute approximate surface area is 90.6 Å². The molecule has 0 amide bonds. The van der Waals surface area contributed by atoms with Crippen LogP contribution in [0.1, 0.15) is 17.3 Å². The number of halogens is 2. The molecule has 0 aliphatic carbocycles. The van der Waals surface area contributed by atoms with Crippen LogP contribution in [0.4, 0.5) is 0 Å². The molecule has 14 heavy (non-hydrogen) atoms. The maximum Gasteiger partial charge on any atom is 0.348 e. The second-order valence-corrected chi connectivity index (χ2v) is 3.29. The number of esters is 2. The molecule has 0 aromatic heterocycles. The van der Waals surface area contributed by atoms with Crippen LogP contribution in [0.2, 0.25) is 10.0 Å². The van der Waals surface area contributed by atoms with Crippen molar-refractivity contribution in [2.75, 3.05) is 0 Å². The van der Waals surface area contributed by atoms with E-state index in [1.165, 1.54) is 12.1 Å². The lowest BCUT2D eigenvalue weighted by molar-refractivity contribution is -0.135. The normalized spacial score (nSPS) is 9.64. The minimum absolute atomic E-state index is 0.00559. The Morgan fingerprint density at radius 2 is 1.71 bits per heavy atom. The topological polar surface area (TPSA) is 43.4 Å². The van der Waals surface area contributed by atoms with Gasteiger partial charge in [-0.2, -0.15) is 0 Å². The van der Waals surface area contributed by atoms with E-state index in [-0.39, 0.29) is 15.6 Å². The fourth-order valence-corrected chi connectivity index (χ4v) is 1.43. The second-order valence-electron chi connectivity index (χ2n) is 2.48. The molecule has 5 heteroatoms. The van der Waals surface area contributed by atoms with E-state index in [9.17, 15) is 9.59 Å². The molecule has 0 radical (unpaired) electrons. The van der Waals surface area contributed by atoms with Crippen LogP contribution in [0.3, 0.4) is 0 Å². The van der Waals surface area contributed by atoms with Gasteiger partial charge in [0.05, 0.1) is 15.6 Å². The lowest BCUT2D eigenvalue weighted by Gasteiger charge is -2.03. The van der Waals surface area contributed by atoms with Crippen LogP contribution < -0.4 is 0 Å². The van der Waals surface area contributed by atoms with Crippen molar-refractivity contribution in [3.63, 3.8) is 0 Å². The number of benzene rings is 1. The lowest BCUT2D eigenvalue weighted by Crippen LogP contribution is -2.10. The van der Waals surface area contributed by atoms with Gasteiger partial charge in [0, 0.05) is 6.92 Å². The molecule has 1 aromatic carbocycles. The molecule has 0 atom stereocenters. The average Bonchev–Trinajstić information content (AvgIpc) is 2.01. The summed E-state index contributed by atoms with van der Waals surface area (Å²) in [6.45, 7) is 1.13. The Hall–Kier alpha value is -1.06. The highest BCUT2D eigenvalue weighted by Gasteiger charge is 2.17. The Morgan fingerprint density at radius 1 is 1.21 bits per heavy atom. The molecule has 0 aliphatic rings. The summed E-state index contributed by atoms with van der Waals surface area (Å²) in [5.74, 6) is -1.54. The van der Waals surface area contributed by atoms with Crippen LogP contribution in [0.15, 0.2) is 18.2 Å². The van der Waals surface area contributed by atoms with E-state index >= 15 is 0 Å². The van der Waals surface area contributed by atoms with Gasteiger partial charge in [0.2, 0.25) is 0 Å². The minimum Gasteiger partial charge on any atom is -0.390 e. The molecule has 0 aliphatic heterocycles. The molecule has 0 saturated heterocycles. The Kier molecular flexibility index (Phi) is 3.49. The summed E-state index contributed by atoms with van der Waals surface area (Å²) in [4.78, 5) is 21.8. The van der Waals surface area contributed by atoms with Gasteiger partial charge in [-0.15, -0.1) is 0 Å². The fraction of sp³-hybridized carbons (Fsp3) is 0.111. The van der Waals surface area contributed by atoms with Crippen LogP contribution in [0.25, 0.3) is 0 Å². The van der Waals surface area contributed by atoms with Crippen molar-refractivity contribution in [3.05, 3.63) is 33.8 Å². The largest absolute Gasteiger partial charge is 0.390 e. The number of ether oxygens (including phenoxy) is 1.